The Hall–Kier alpha value is -3.08. The number of allylic oxidation sites excluding steroid dienone is 1. The average Bonchev–Trinajstić information content (AvgIpc) is 2.89. The van der Waals surface area contributed by atoms with Crippen molar-refractivity contribution in [2.24, 2.45) is 0 Å². The zero-order valence-corrected chi connectivity index (χ0v) is 22.6. The topological polar surface area (TPSA) is 113 Å². The van der Waals surface area contributed by atoms with Crippen LogP contribution >= 0.6 is 11.6 Å². The van der Waals surface area contributed by atoms with Crippen LogP contribution in [0.5, 0.6) is 0 Å². The molecule has 0 amide bonds. The lowest BCUT2D eigenvalue weighted by Gasteiger charge is -2.32. The highest BCUT2D eigenvalue weighted by molar-refractivity contribution is 7.92. The van der Waals surface area contributed by atoms with E-state index in [-0.39, 0.29) is 15.9 Å². The molecule has 37 heavy (non-hydrogen) atoms. The van der Waals surface area contributed by atoms with Gasteiger partial charge in [-0.3, -0.25) is 0 Å². The van der Waals surface area contributed by atoms with E-state index >= 15 is 0 Å². The summed E-state index contributed by atoms with van der Waals surface area (Å²) < 4.78 is 27.4. The van der Waals surface area contributed by atoms with E-state index in [1.54, 1.807) is 24.5 Å². The van der Waals surface area contributed by atoms with E-state index in [1.807, 2.05) is 24.5 Å². The van der Waals surface area contributed by atoms with Gasteiger partial charge in [-0.1, -0.05) is 35.9 Å². The summed E-state index contributed by atoms with van der Waals surface area (Å²) in [6.45, 7) is 0. The van der Waals surface area contributed by atoms with E-state index in [0.717, 1.165) is 36.8 Å². The first-order valence-corrected chi connectivity index (χ1v) is 14.2. The Bertz CT molecular complexity index is 1290. The summed E-state index contributed by atoms with van der Waals surface area (Å²) in [5.41, 5.74) is 1.83. The minimum absolute atomic E-state index is 0.0198. The largest absolute Gasteiger partial charge is 0.351 e. The van der Waals surface area contributed by atoms with Gasteiger partial charge >= 0.3 is 0 Å². The van der Waals surface area contributed by atoms with Crippen LogP contribution in [-0.4, -0.2) is 59.4 Å². The van der Waals surface area contributed by atoms with Gasteiger partial charge in [-0.15, -0.1) is 0 Å². The van der Waals surface area contributed by atoms with Crippen LogP contribution in [0.15, 0.2) is 60.0 Å². The normalized spacial score (nSPS) is 18.3. The number of aromatic nitrogens is 4. The molecule has 2 aromatic heterocycles. The predicted octanol–water partition coefficient (Wildman–Crippen LogP) is 4.65. The van der Waals surface area contributed by atoms with Gasteiger partial charge in [0.1, 0.15) is 4.90 Å². The minimum Gasteiger partial charge on any atom is -0.351 e. The first-order chi connectivity index (χ1) is 17.8. The van der Waals surface area contributed by atoms with Crippen molar-refractivity contribution < 1.29 is 8.42 Å². The van der Waals surface area contributed by atoms with Crippen LogP contribution in [0.1, 0.15) is 43.2 Å². The van der Waals surface area contributed by atoms with Crippen molar-refractivity contribution in [1.29, 1.82) is 0 Å². The van der Waals surface area contributed by atoms with Crippen LogP contribution in [-0.2, 0) is 16.4 Å². The summed E-state index contributed by atoms with van der Waals surface area (Å²) in [6, 6.07) is 7.31. The van der Waals surface area contributed by atoms with E-state index in [9.17, 15) is 8.42 Å². The van der Waals surface area contributed by atoms with Gasteiger partial charge in [0, 0.05) is 42.4 Å². The van der Waals surface area contributed by atoms with Crippen molar-refractivity contribution in [2.75, 3.05) is 24.1 Å². The molecule has 1 aliphatic rings. The third kappa shape index (κ3) is 7.70. The first-order valence-electron chi connectivity index (χ1n) is 12.3. The molecule has 0 saturated heterocycles. The maximum Gasteiger partial charge on any atom is 0.265 e. The number of hydrogen-bond acceptors (Lipinski definition) is 8. The first kappa shape index (κ1) is 27.0. The molecular formula is C26H32ClN7O2S. The van der Waals surface area contributed by atoms with Gasteiger partial charge in [0.2, 0.25) is 11.9 Å². The summed E-state index contributed by atoms with van der Waals surface area (Å²) in [4.78, 5) is 19.5. The second kappa shape index (κ2) is 12.4. The fourth-order valence-corrected chi connectivity index (χ4v) is 5.74. The zero-order chi connectivity index (χ0) is 26.3. The number of benzene rings is 1. The molecule has 1 aliphatic carbocycles. The quantitative estimate of drug-likeness (QED) is 0.381. The Morgan fingerprint density at radius 1 is 0.973 bits per heavy atom. The van der Waals surface area contributed by atoms with E-state index in [0.29, 0.717) is 18.0 Å². The monoisotopic (exact) mass is 541 g/mol. The summed E-state index contributed by atoms with van der Waals surface area (Å²) in [5, 5.41) is 3.60. The molecule has 196 valence electrons. The highest BCUT2D eigenvalue weighted by Crippen LogP contribution is 2.24. The number of halogens is 1. The molecule has 0 unspecified atom stereocenters. The molecule has 1 aromatic carbocycles. The van der Waals surface area contributed by atoms with Gasteiger partial charge in [-0.05, 0) is 70.3 Å². The van der Waals surface area contributed by atoms with Crippen molar-refractivity contribution in [3.8, 4) is 0 Å². The van der Waals surface area contributed by atoms with Crippen molar-refractivity contribution >= 4 is 39.6 Å². The molecule has 0 radical (unpaired) electrons. The molecule has 0 atom stereocenters. The van der Waals surface area contributed by atoms with E-state index < -0.39 is 10.0 Å². The lowest BCUT2D eigenvalue weighted by atomic mass is 9.91. The summed E-state index contributed by atoms with van der Waals surface area (Å²) in [5.74, 6) is 0.670. The molecule has 4 rings (SSSR count). The van der Waals surface area contributed by atoms with E-state index in [2.05, 4.69) is 49.0 Å². The maximum absolute atomic E-state index is 12.5. The highest BCUT2D eigenvalue weighted by Gasteiger charge is 2.22. The second-order valence-corrected chi connectivity index (χ2v) is 11.4. The van der Waals surface area contributed by atoms with E-state index in [1.165, 1.54) is 25.0 Å². The number of sulfonamides is 1. The van der Waals surface area contributed by atoms with Gasteiger partial charge in [0.15, 0.2) is 0 Å². The van der Waals surface area contributed by atoms with Crippen LogP contribution in [0, 0.1) is 0 Å². The fraction of sp³-hybridized carbons (Fsp3) is 0.385. The number of anilines is 2. The number of rotatable bonds is 10. The third-order valence-corrected chi connectivity index (χ3v) is 8.23. The molecule has 0 bridgehead atoms. The van der Waals surface area contributed by atoms with Crippen LogP contribution in [0.4, 0.5) is 11.9 Å². The number of nitrogens with one attached hydrogen (secondary N) is 2. The molecular weight excluding hydrogens is 510 g/mol. The Labute approximate surface area is 223 Å². The van der Waals surface area contributed by atoms with Gasteiger partial charge < -0.3 is 10.2 Å². The van der Waals surface area contributed by atoms with Gasteiger partial charge in [-0.25, -0.2) is 33.1 Å². The average molecular weight is 542 g/mol. The van der Waals surface area contributed by atoms with Crippen LogP contribution in [0.3, 0.4) is 0 Å². The smallest absolute Gasteiger partial charge is 0.265 e. The minimum atomic E-state index is -3.87. The van der Waals surface area contributed by atoms with Crippen molar-refractivity contribution in [3.05, 3.63) is 71.3 Å². The number of nitrogens with zero attached hydrogens (tertiary/aromatic N) is 5. The van der Waals surface area contributed by atoms with E-state index in [4.69, 9.17) is 11.6 Å². The molecule has 1 fully saturated rings. The van der Waals surface area contributed by atoms with Crippen LogP contribution < -0.4 is 10.0 Å². The Morgan fingerprint density at radius 2 is 1.62 bits per heavy atom. The molecule has 2 N–H and O–H groups in total. The molecule has 1 saturated carbocycles. The second-order valence-electron chi connectivity index (χ2n) is 9.35. The zero-order valence-electron chi connectivity index (χ0n) is 21.0. The maximum atomic E-state index is 12.5. The molecule has 11 heteroatoms. The molecule has 0 spiro atoms. The van der Waals surface area contributed by atoms with Crippen molar-refractivity contribution in [1.82, 2.24) is 24.8 Å². The SMILES string of the molecule is CN(C)C1CCC(Nc2ncc(CC/C=C/c3cnc(NS(=O)(=O)c4ccccc4Cl)nc3)cn2)CC1. The third-order valence-electron chi connectivity index (χ3n) is 6.40. The summed E-state index contributed by atoms with van der Waals surface area (Å²) in [7, 11) is 0.429. The molecule has 0 aliphatic heterocycles. The van der Waals surface area contributed by atoms with Crippen molar-refractivity contribution in [2.45, 2.75) is 55.5 Å². The number of hydrogen-bond donors (Lipinski definition) is 2. The van der Waals surface area contributed by atoms with Gasteiger partial charge in [0.05, 0.1) is 5.02 Å². The summed E-state index contributed by atoms with van der Waals surface area (Å²) >= 11 is 5.99. The van der Waals surface area contributed by atoms with Crippen LogP contribution in [0.25, 0.3) is 6.08 Å². The molecule has 2 heterocycles. The lowest BCUT2D eigenvalue weighted by molar-refractivity contribution is 0.221. The summed E-state index contributed by atoms with van der Waals surface area (Å²) in [6.07, 6.45) is 17.0. The van der Waals surface area contributed by atoms with Gasteiger partial charge in [0.25, 0.3) is 10.0 Å². The predicted molar refractivity (Wildman–Crippen MR) is 147 cm³/mol. The van der Waals surface area contributed by atoms with Gasteiger partial charge in [-0.2, -0.15) is 0 Å². The Kier molecular flexibility index (Phi) is 9.07. The molecule has 9 nitrogen and oxygen atoms in total. The number of aryl methyl sites for hydroxylation is 1. The highest BCUT2D eigenvalue weighted by atomic mass is 35.5. The standard InChI is InChI=1S/C26H32ClN7O2S/c1-34(2)22-13-11-21(12-14-22)32-25-28-15-19(16-29-25)7-3-4-8-20-17-30-26(31-18-20)33-37(35,36)24-10-6-5-9-23(24)27/h4-6,8-10,15-18,21-22H,3,7,11-14H2,1-2H3,(H,28,29,32)(H,30,31,33)/b8-4+. The lowest BCUT2D eigenvalue weighted by Crippen LogP contribution is -2.36. The van der Waals surface area contributed by atoms with Crippen molar-refractivity contribution in [3.63, 3.8) is 0 Å². The molecule has 3 aromatic rings. The fourth-order valence-electron chi connectivity index (χ4n) is 4.26. The Morgan fingerprint density at radius 3 is 2.27 bits per heavy atom. The Balaban J connectivity index is 1.22. The van der Waals surface area contributed by atoms with Crippen LogP contribution in [0.2, 0.25) is 5.02 Å².